The normalized spacial score (nSPS) is 58.2. The van der Waals surface area contributed by atoms with E-state index in [1.807, 2.05) is 0 Å². The van der Waals surface area contributed by atoms with Crippen molar-refractivity contribution < 1.29 is 0 Å². The van der Waals surface area contributed by atoms with Crippen LogP contribution in [0, 0.1) is 62.6 Å². The molecule has 0 aromatic heterocycles. The van der Waals surface area contributed by atoms with Gasteiger partial charge < -0.3 is 0 Å². The lowest BCUT2D eigenvalue weighted by atomic mass is 9.30. The summed E-state index contributed by atoms with van der Waals surface area (Å²) in [6.45, 7) is 20.7. The number of hydrogen-bond donors (Lipinski definition) is 0. The van der Waals surface area contributed by atoms with E-state index in [1.54, 1.807) is 5.57 Å². The molecule has 0 aliphatic heterocycles. The predicted octanol–water partition coefficient (Wildman–Crippen LogP) is 9.22. The van der Waals surface area contributed by atoms with Crippen molar-refractivity contribution in [2.75, 3.05) is 0 Å². The Morgan fingerprint density at radius 2 is 1.59 bits per heavy atom. The van der Waals surface area contributed by atoms with Crippen molar-refractivity contribution in [3.05, 3.63) is 24.3 Å². The van der Waals surface area contributed by atoms with Crippen LogP contribution in [0.4, 0.5) is 0 Å². The molecule has 6 aliphatic rings. The zero-order valence-electron chi connectivity index (χ0n) is 22.1. The minimum Gasteiger partial charge on any atom is -0.0996 e. The molecule has 0 heterocycles. The van der Waals surface area contributed by atoms with E-state index in [2.05, 4.69) is 53.7 Å². The molecule has 32 heavy (non-hydrogen) atoms. The number of hydrogen-bond acceptors (Lipinski definition) is 0. The van der Waals surface area contributed by atoms with E-state index in [0.717, 1.165) is 35.5 Å². The molecule has 0 spiro atoms. The van der Waals surface area contributed by atoms with E-state index >= 15 is 0 Å². The summed E-state index contributed by atoms with van der Waals surface area (Å²) in [4.78, 5) is 0. The van der Waals surface area contributed by atoms with Crippen LogP contribution in [0.3, 0.4) is 0 Å². The van der Waals surface area contributed by atoms with E-state index in [9.17, 15) is 0 Å². The Morgan fingerprint density at radius 3 is 2.34 bits per heavy atom. The van der Waals surface area contributed by atoms with Crippen LogP contribution in [0.2, 0.25) is 0 Å². The first-order chi connectivity index (χ1) is 15.0. The lowest BCUT2D eigenvalue weighted by Gasteiger charge is -2.75. The van der Waals surface area contributed by atoms with Crippen molar-refractivity contribution in [3.8, 4) is 0 Å². The monoisotopic (exact) mass is 434 g/mol. The van der Waals surface area contributed by atoms with Gasteiger partial charge in [-0.05, 0) is 134 Å². The van der Waals surface area contributed by atoms with Crippen LogP contribution < -0.4 is 0 Å². The minimum absolute atomic E-state index is 0.488. The minimum atomic E-state index is 0.488. The Hall–Kier alpha value is -0.520. The van der Waals surface area contributed by atoms with Crippen LogP contribution in [0.25, 0.3) is 0 Å². The third-order valence-electron chi connectivity index (χ3n) is 13.9. The molecule has 6 rings (SSSR count). The molecule has 6 saturated carbocycles. The van der Waals surface area contributed by atoms with Crippen molar-refractivity contribution in [3.63, 3.8) is 0 Å². The molecule has 6 aliphatic carbocycles. The predicted molar refractivity (Wildman–Crippen MR) is 136 cm³/mol. The van der Waals surface area contributed by atoms with Crippen LogP contribution in [-0.2, 0) is 0 Å². The van der Waals surface area contributed by atoms with Gasteiger partial charge in [-0.15, -0.1) is 0 Å². The number of allylic oxidation sites excluding steroid dienone is 3. The maximum Gasteiger partial charge on any atom is -0.00810 e. The molecule has 10 unspecified atom stereocenters. The topological polar surface area (TPSA) is 0 Å². The lowest BCUT2D eigenvalue weighted by molar-refractivity contribution is -0.254. The Bertz CT molecular complexity index is 846. The smallest absolute Gasteiger partial charge is 0.00810 e. The molecule has 0 radical (unpaired) electrons. The van der Waals surface area contributed by atoms with Gasteiger partial charge >= 0.3 is 0 Å². The van der Waals surface area contributed by atoms with E-state index < -0.39 is 0 Å². The van der Waals surface area contributed by atoms with Crippen molar-refractivity contribution in [2.45, 2.75) is 112 Å². The van der Waals surface area contributed by atoms with E-state index in [4.69, 9.17) is 6.58 Å². The van der Waals surface area contributed by atoms with E-state index in [0.29, 0.717) is 27.1 Å². The highest BCUT2D eigenvalue weighted by molar-refractivity contribution is 5.28. The summed E-state index contributed by atoms with van der Waals surface area (Å²) in [5, 5.41) is 0. The number of rotatable bonds is 1. The van der Waals surface area contributed by atoms with Gasteiger partial charge in [-0.2, -0.15) is 0 Å². The van der Waals surface area contributed by atoms with Gasteiger partial charge in [0.05, 0.1) is 0 Å². The van der Waals surface area contributed by atoms with Crippen LogP contribution in [0.5, 0.6) is 0 Å². The summed E-state index contributed by atoms with van der Waals surface area (Å²) < 4.78 is 0. The summed E-state index contributed by atoms with van der Waals surface area (Å²) in [6.07, 6.45) is 21.1. The van der Waals surface area contributed by atoms with Crippen molar-refractivity contribution in [2.24, 2.45) is 62.6 Å². The van der Waals surface area contributed by atoms with Gasteiger partial charge in [0.1, 0.15) is 0 Å². The maximum atomic E-state index is 4.76. The van der Waals surface area contributed by atoms with Crippen molar-refractivity contribution in [1.29, 1.82) is 0 Å². The molecule has 0 nitrogen and oxygen atoms in total. The SMILES string of the molecule is C=C1CC2CC3C4(C)CCCC(C)(C)C4CCC3(C)C3(C)CCC4(C=CC)CCC1C4C23. The Morgan fingerprint density at radius 1 is 0.812 bits per heavy atom. The molecular formula is C32H50. The van der Waals surface area contributed by atoms with Crippen molar-refractivity contribution in [1.82, 2.24) is 0 Å². The quantitative estimate of drug-likeness (QED) is 0.361. The van der Waals surface area contributed by atoms with Crippen LogP contribution in [0.15, 0.2) is 24.3 Å². The second-order valence-electron chi connectivity index (χ2n) is 15.1. The van der Waals surface area contributed by atoms with Gasteiger partial charge in [0.15, 0.2) is 0 Å². The van der Waals surface area contributed by atoms with Crippen LogP contribution >= 0.6 is 0 Å². The molecule has 0 N–H and O–H groups in total. The molecule has 6 fully saturated rings. The zero-order chi connectivity index (χ0) is 22.7. The maximum absolute atomic E-state index is 4.76. The average Bonchev–Trinajstić information content (AvgIpc) is 3.09. The second-order valence-corrected chi connectivity index (χ2v) is 15.1. The molecule has 0 bridgehead atoms. The largest absolute Gasteiger partial charge is 0.0996 e. The molecule has 0 saturated heterocycles. The summed E-state index contributed by atoms with van der Waals surface area (Å²) >= 11 is 0. The molecule has 0 amide bonds. The molecule has 0 heteroatoms. The first-order valence-corrected chi connectivity index (χ1v) is 14.3. The first-order valence-electron chi connectivity index (χ1n) is 14.3. The summed E-state index contributed by atoms with van der Waals surface area (Å²) in [6, 6.07) is 0. The van der Waals surface area contributed by atoms with Gasteiger partial charge in [0, 0.05) is 0 Å². The first kappa shape index (κ1) is 22.0. The fourth-order valence-electron chi connectivity index (χ4n) is 12.7. The van der Waals surface area contributed by atoms with E-state index in [-0.39, 0.29) is 0 Å². The molecular weight excluding hydrogens is 384 g/mol. The van der Waals surface area contributed by atoms with Crippen LogP contribution in [-0.4, -0.2) is 0 Å². The van der Waals surface area contributed by atoms with Gasteiger partial charge in [0.25, 0.3) is 0 Å². The molecule has 0 aromatic carbocycles. The molecule has 178 valence electrons. The standard InChI is InChI=1S/C32H50/c1-8-12-32-16-10-23-21(2)19-22-20-25-29(5)14-9-13-28(3,4)24(29)11-15-30(25,6)31(7,17-18-32)26(22)27(23)32/h8,12,22-27H,2,9-11,13-20H2,1,3-7H3. The third-order valence-corrected chi connectivity index (χ3v) is 13.9. The Kier molecular flexibility index (Phi) is 4.51. The third kappa shape index (κ3) is 2.42. The Balaban J connectivity index is 1.47. The van der Waals surface area contributed by atoms with Gasteiger partial charge in [-0.25, -0.2) is 0 Å². The summed E-state index contributed by atoms with van der Waals surface area (Å²) in [7, 11) is 0. The fraction of sp³-hybridized carbons (Fsp3) is 0.875. The summed E-state index contributed by atoms with van der Waals surface area (Å²) in [5.41, 5.74) is 4.27. The van der Waals surface area contributed by atoms with Crippen molar-refractivity contribution >= 4 is 0 Å². The van der Waals surface area contributed by atoms with Crippen LogP contribution in [0.1, 0.15) is 112 Å². The van der Waals surface area contributed by atoms with Gasteiger partial charge in [-0.1, -0.05) is 65.3 Å². The lowest BCUT2D eigenvalue weighted by Crippen LogP contribution is -2.68. The second kappa shape index (κ2) is 6.57. The number of fused-ring (bicyclic) bond motifs is 4. The molecule has 10 atom stereocenters. The highest BCUT2D eigenvalue weighted by Gasteiger charge is 2.72. The Labute approximate surface area is 199 Å². The van der Waals surface area contributed by atoms with Gasteiger partial charge in [-0.3, -0.25) is 0 Å². The average molecular weight is 435 g/mol. The summed E-state index contributed by atoms with van der Waals surface area (Å²) in [5.74, 6) is 5.37. The van der Waals surface area contributed by atoms with Gasteiger partial charge in [0.2, 0.25) is 0 Å². The zero-order valence-corrected chi connectivity index (χ0v) is 22.1. The molecule has 0 aromatic rings. The van der Waals surface area contributed by atoms with E-state index in [1.165, 1.54) is 70.6 Å². The fourth-order valence-corrected chi connectivity index (χ4v) is 12.7. The highest BCUT2D eigenvalue weighted by Crippen LogP contribution is 2.80. The highest BCUT2D eigenvalue weighted by atomic mass is 14.8.